The van der Waals surface area contributed by atoms with Gasteiger partial charge in [0, 0.05) is 17.8 Å². The molecular formula is C22H16F6N8O. The van der Waals surface area contributed by atoms with Gasteiger partial charge >= 0.3 is 12.4 Å². The molecule has 0 saturated heterocycles. The number of aromatic nitrogens is 4. The number of hydrogen-bond donors (Lipinski definition) is 2. The molecule has 0 fully saturated rings. The van der Waals surface area contributed by atoms with Crippen LogP contribution in [0.15, 0.2) is 36.7 Å². The molecule has 1 amide bonds. The number of anilines is 3. The number of carbonyl (C=O) groups is 1. The highest BCUT2D eigenvalue weighted by molar-refractivity contribution is 5.92. The fourth-order valence-electron chi connectivity index (χ4n) is 3.66. The van der Waals surface area contributed by atoms with E-state index >= 15 is 0 Å². The molecule has 0 spiro atoms. The highest BCUT2D eigenvalue weighted by atomic mass is 19.4. The number of fused-ring (bicyclic) bond motifs is 1. The van der Waals surface area contributed by atoms with E-state index in [1.807, 2.05) is 0 Å². The molecule has 0 aliphatic carbocycles. The SMILES string of the molecule is N#Cc1ccc(N2CCc3c(ncnc3Nc3ccc(C(=O)NCC(F)(F)F)nn3)C2)cc1C(F)(F)F. The molecule has 0 radical (unpaired) electrons. The molecule has 0 atom stereocenters. The molecule has 15 heteroatoms. The minimum atomic E-state index is -4.68. The normalized spacial score (nSPS) is 13.5. The topological polar surface area (TPSA) is 120 Å². The molecule has 9 nitrogen and oxygen atoms in total. The maximum atomic E-state index is 13.4. The van der Waals surface area contributed by atoms with Gasteiger partial charge in [0.05, 0.1) is 29.4 Å². The average Bonchev–Trinajstić information content (AvgIpc) is 2.86. The molecule has 1 aliphatic rings. The Morgan fingerprint density at radius 2 is 1.86 bits per heavy atom. The molecule has 2 N–H and O–H groups in total. The lowest BCUT2D eigenvalue weighted by Crippen LogP contribution is -2.34. The lowest BCUT2D eigenvalue weighted by molar-refractivity contribution is -0.137. The van der Waals surface area contributed by atoms with Crippen molar-refractivity contribution < 1.29 is 31.1 Å². The second-order valence-corrected chi connectivity index (χ2v) is 7.89. The van der Waals surface area contributed by atoms with Gasteiger partial charge in [0.1, 0.15) is 18.7 Å². The number of alkyl halides is 6. The third kappa shape index (κ3) is 6.02. The largest absolute Gasteiger partial charge is 0.417 e. The number of benzene rings is 1. The van der Waals surface area contributed by atoms with Gasteiger partial charge < -0.3 is 15.5 Å². The van der Waals surface area contributed by atoms with E-state index in [4.69, 9.17) is 5.26 Å². The molecule has 0 saturated carbocycles. The monoisotopic (exact) mass is 522 g/mol. The van der Waals surface area contributed by atoms with Crippen LogP contribution in [-0.2, 0) is 19.1 Å². The van der Waals surface area contributed by atoms with Gasteiger partial charge in [-0.2, -0.15) is 31.6 Å². The number of amides is 1. The van der Waals surface area contributed by atoms with Gasteiger partial charge in [-0.3, -0.25) is 4.79 Å². The van der Waals surface area contributed by atoms with Gasteiger partial charge in [0.2, 0.25) is 0 Å². The molecule has 192 valence electrons. The minimum absolute atomic E-state index is 0.164. The maximum Gasteiger partial charge on any atom is 0.417 e. The van der Waals surface area contributed by atoms with Crippen LogP contribution in [0.5, 0.6) is 0 Å². The fourth-order valence-corrected chi connectivity index (χ4v) is 3.66. The second-order valence-electron chi connectivity index (χ2n) is 7.89. The van der Waals surface area contributed by atoms with Crippen molar-refractivity contribution in [2.24, 2.45) is 0 Å². The summed E-state index contributed by atoms with van der Waals surface area (Å²) in [5, 5.41) is 21.0. The summed E-state index contributed by atoms with van der Waals surface area (Å²) in [4.78, 5) is 21.9. The highest BCUT2D eigenvalue weighted by Gasteiger charge is 2.34. The molecular weight excluding hydrogens is 506 g/mol. The number of carbonyl (C=O) groups excluding carboxylic acids is 1. The van der Waals surface area contributed by atoms with E-state index in [0.29, 0.717) is 30.0 Å². The number of rotatable bonds is 5. The Kier molecular flexibility index (Phi) is 6.84. The summed E-state index contributed by atoms with van der Waals surface area (Å²) in [5.41, 5.74) is -0.258. The standard InChI is InChI=1S/C22H16F6N8O/c23-21(24,25)10-30-20(37)16-3-4-18(35-34-16)33-19-14-5-6-36(9-17(14)31-11-32-19)13-2-1-12(8-29)15(7-13)22(26,27)28/h1-4,7,11H,5-6,9-10H2,(H,30,37)(H,31,32,33,35). The number of halogens is 6. The Morgan fingerprint density at radius 1 is 1.08 bits per heavy atom. The molecule has 1 aliphatic heterocycles. The highest BCUT2D eigenvalue weighted by Crippen LogP contribution is 2.36. The van der Waals surface area contributed by atoms with Crippen molar-refractivity contribution in [3.8, 4) is 6.07 Å². The van der Waals surface area contributed by atoms with Gasteiger partial charge in [-0.05, 0) is 36.8 Å². The van der Waals surface area contributed by atoms with E-state index in [2.05, 4.69) is 25.5 Å². The smallest absolute Gasteiger partial charge is 0.365 e. The Labute approximate surface area is 205 Å². The van der Waals surface area contributed by atoms with Gasteiger partial charge in [0.15, 0.2) is 11.5 Å². The first-order chi connectivity index (χ1) is 17.4. The minimum Gasteiger partial charge on any atom is -0.365 e. The summed E-state index contributed by atoms with van der Waals surface area (Å²) in [5.74, 6) is -0.506. The van der Waals surface area contributed by atoms with Gasteiger partial charge in [-0.25, -0.2) is 9.97 Å². The van der Waals surface area contributed by atoms with Crippen LogP contribution in [0.1, 0.15) is 32.9 Å². The molecule has 3 heterocycles. The van der Waals surface area contributed by atoms with Crippen molar-refractivity contribution in [3.63, 3.8) is 0 Å². The quantitative estimate of drug-likeness (QED) is 0.487. The zero-order valence-corrected chi connectivity index (χ0v) is 18.7. The number of hydrogen-bond acceptors (Lipinski definition) is 8. The summed E-state index contributed by atoms with van der Waals surface area (Å²) >= 11 is 0. The Morgan fingerprint density at radius 3 is 2.51 bits per heavy atom. The first-order valence-electron chi connectivity index (χ1n) is 10.6. The van der Waals surface area contributed by atoms with Crippen molar-refractivity contribution in [1.29, 1.82) is 5.26 Å². The summed E-state index contributed by atoms with van der Waals surface area (Å²) in [7, 11) is 0. The third-order valence-electron chi connectivity index (χ3n) is 5.39. The van der Waals surface area contributed by atoms with Crippen LogP contribution in [0, 0.1) is 11.3 Å². The van der Waals surface area contributed by atoms with Crippen molar-refractivity contribution in [3.05, 3.63) is 64.7 Å². The molecule has 37 heavy (non-hydrogen) atoms. The molecule has 4 rings (SSSR count). The summed E-state index contributed by atoms with van der Waals surface area (Å²) < 4.78 is 76.9. The lowest BCUT2D eigenvalue weighted by Gasteiger charge is -2.31. The van der Waals surface area contributed by atoms with Gasteiger partial charge in [0.25, 0.3) is 5.91 Å². The zero-order valence-electron chi connectivity index (χ0n) is 18.7. The van der Waals surface area contributed by atoms with Crippen molar-refractivity contribution in [1.82, 2.24) is 25.5 Å². The van der Waals surface area contributed by atoms with Crippen LogP contribution in [0.3, 0.4) is 0 Å². The zero-order chi connectivity index (χ0) is 26.8. The van der Waals surface area contributed by atoms with Crippen LogP contribution >= 0.6 is 0 Å². The van der Waals surface area contributed by atoms with Crippen LogP contribution in [-0.4, -0.2) is 45.3 Å². The van der Waals surface area contributed by atoms with Crippen molar-refractivity contribution in [2.75, 3.05) is 23.3 Å². The second kappa shape index (κ2) is 9.88. The third-order valence-corrected chi connectivity index (χ3v) is 5.39. The maximum absolute atomic E-state index is 13.4. The molecule has 0 bridgehead atoms. The fraction of sp³-hybridized carbons (Fsp3) is 0.273. The van der Waals surface area contributed by atoms with Crippen molar-refractivity contribution in [2.45, 2.75) is 25.3 Å². The van der Waals surface area contributed by atoms with E-state index in [1.54, 1.807) is 16.3 Å². The first-order valence-corrected chi connectivity index (χ1v) is 10.6. The van der Waals surface area contributed by atoms with Gasteiger partial charge in [-0.1, -0.05) is 0 Å². The van der Waals surface area contributed by atoms with E-state index in [1.165, 1.54) is 24.5 Å². The van der Waals surface area contributed by atoms with E-state index in [-0.39, 0.29) is 23.7 Å². The van der Waals surface area contributed by atoms with E-state index < -0.39 is 35.9 Å². The Hall–Kier alpha value is -4.48. The predicted molar refractivity (Wildman–Crippen MR) is 117 cm³/mol. The Bertz CT molecular complexity index is 1350. The van der Waals surface area contributed by atoms with Crippen molar-refractivity contribution >= 4 is 23.2 Å². The van der Waals surface area contributed by atoms with E-state index in [0.717, 1.165) is 12.1 Å². The molecule has 0 unspecified atom stereocenters. The average molecular weight is 522 g/mol. The molecule has 3 aromatic rings. The number of nitriles is 1. The summed E-state index contributed by atoms with van der Waals surface area (Å²) in [6.45, 7) is -0.987. The lowest BCUT2D eigenvalue weighted by atomic mass is 10.0. The summed E-state index contributed by atoms with van der Waals surface area (Å²) in [6.07, 6.45) is -7.61. The van der Waals surface area contributed by atoms with Crippen LogP contribution in [0.2, 0.25) is 0 Å². The van der Waals surface area contributed by atoms with Gasteiger partial charge in [-0.15, -0.1) is 10.2 Å². The van der Waals surface area contributed by atoms with E-state index in [9.17, 15) is 31.1 Å². The predicted octanol–water partition coefficient (Wildman–Crippen LogP) is 3.76. The summed E-state index contributed by atoms with van der Waals surface area (Å²) in [6, 6.07) is 7.60. The van der Waals surface area contributed by atoms with Crippen LogP contribution < -0.4 is 15.5 Å². The Balaban J connectivity index is 1.48. The first kappa shape index (κ1) is 25.6. The number of nitrogens with one attached hydrogen (secondary N) is 2. The van der Waals surface area contributed by atoms with Crippen LogP contribution in [0.4, 0.5) is 43.7 Å². The number of nitrogens with zero attached hydrogens (tertiary/aromatic N) is 6. The van der Waals surface area contributed by atoms with Crippen LogP contribution in [0.25, 0.3) is 0 Å². The molecule has 1 aromatic carbocycles. The molecule has 2 aromatic heterocycles.